The molecule has 0 spiro atoms. The molecule has 2 heterocycles. The number of allylic oxidation sites excluding steroid dienone is 2. The highest BCUT2D eigenvalue weighted by Crippen LogP contribution is 2.47. The Morgan fingerprint density at radius 1 is 0.458 bits per heavy atom. The van der Waals surface area contributed by atoms with E-state index < -0.39 is 0 Å². The quantitative estimate of drug-likeness (QED) is 0.164. The second-order valence-corrected chi connectivity index (χ2v) is 15.6. The van der Waals surface area contributed by atoms with Gasteiger partial charge >= 0.3 is 0 Å². The molecule has 0 amide bonds. The first-order valence-electron chi connectivity index (χ1n) is 17.0. The summed E-state index contributed by atoms with van der Waals surface area (Å²) >= 11 is 3.92. The Balaban J connectivity index is 1.14. The Hall–Kier alpha value is -5.02. The molecule has 2 heteroatoms. The van der Waals surface area contributed by atoms with Crippen molar-refractivity contribution in [2.75, 3.05) is 0 Å². The summed E-state index contributed by atoms with van der Waals surface area (Å²) in [4.78, 5) is 1.54. The van der Waals surface area contributed by atoms with Crippen LogP contribution in [0.25, 0.3) is 97.0 Å². The Morgan fingerprint density at radius 2 is 1.15 bits per heavy atom. The van der Waals surface area contributed by atoms with Gasteiger partial charge in [0.1, 0.15) is 0 Å². The van der Waals surface area contributed by atoms with E-state index in [2.05, 4.69) is 133 Å². The van der Waals surface area contributed by atoms with E-state index in [4.69, 9.17) is 0 Å². The van der Waals surface area contributed by atoms with Gasteiger partial charge in [-0.3, -0.25) is 0 Å². The van der Waals surface area contributed by atoms with Crippen molar-refractivity contribution >= 4 is 97.4 Å². The van der Waals surface area contributed by atoms with Crippen molar-refractivity contribution in [3.63, 3.8) is 0 Å². The number of hydrogen-bond donors (Lipinski definition) is 0. The molecule has 0 unspecified atom stereocenters. The number of benzene rings is 7. The maximum Gasteiger partial charge on any atom is 0.0361 e. The zero-order chi connectivity index (χ0) is 31.3. The van der Waals surface area contributed by atoms with E-state index in [9.17, 15) is 0 Å². The van der Waals surface area contributed by atoms with Crippen LogP contribution in [-0.4, -0.2) is 0 Å². The van der Waals surface area contributed by atoms with Crippen LogP contribution in [0.2, 0.25) is 0 Å². The van der Waals surface area contributed by atoms with E-state index in [1.54, 1.807) is 0 Å². The summed E-state index contributed by atoms with van der Waals surface area (Å²) < 4.78 is 4.13. The van der Waals surface area contributed by atoms with Crippen LogP contribution in [0, 0.1) is 0 Å². The van der Waals surface area contributed by atoms with E-state index in [0.29, 0.717) is 0 Å². The SMILES string of the molecule is C1=Cc2ccc(-c3c4ccccc4c(-c4ccc5c(c4)sc4ccc6cc7c8c(sc7cc6c45)CCC=C8)c4ccccc34)cc2CC1. The third-order valence-corrected chi connectivity index (χ3v) is 13.1. The van der Waals surface area contributed by atoms with Gasteiger partial charge in [0.15, 0.2) is 0 Å². The van der Waals surface area contributed by atoms with E-state index >= 15 is 0 Å². The van der Waals surface area contributed by atoms with Crippen molar-refractivity contribution in [3.05, 3.63) is 143 Å². The molecule has 48 heavy (non-hydrogen) atoms. The molecule has 0 radical (unpaired) electrons. The largest absolute Gasteiger partial charge is 0.140 e. The molecule has 226 valence electrons. The summed E-state index contributed by atoms with van der Waals surface area (Å²) in [5, 5.41) is 12.1. The van der Waals surface area contributed by atoms with Gasteiger partial charge < -0.3 is 0 Å². The number of thiophene rings is 2. The van der Waals surface area contributed by atoms with E-state index in [1.807, 2.05) is 22.7 Å². The fourth-order valence-electron chi connectivity index (χ4n) is 8.54. The van der Waals surface area contributed by atoms with Gasteiger partial charge in [0.05, 0.1) is 0 Å². The third kappa shape index (κ3) is 3.88. The summed E-state index contributed by atoms with van der Waals surface area (Å²) in [7, 11) is 0. The van der Waals surface area contributed by atoms with Gasteiger partial charge in [0, 0.05) is 35.1 Å². The predicted molar refractivity (Wildman–Crippen MR) is 213 cm³/mol. The molecule has 2 aliphatic carbocycles. The summed E-state index contributed by atoms with van der Waals surface area (Å²) in [6.07, 6.45) is 13.8. The van der Waals surface area contributed by atoms with E-state index in [-0.39, 0.29) is 0 Å². The van der Waals surface area contributed by atoms with Crippen molar-refractivity contribution in [1.82, 2.24) is 0 Å². The smallest absolute Gasteiger partial charge is 0.0361 e. The molecule has 9 aromatic rings. The molecule has 11 rings (SSSR count). The highest BCUT2D eigenvalue weighted by Gasteiger charge is 2.20. The molecule has 0 bridgehead atoms. The predicted octanol–water partition coefficient (Wildman–Crippen LogP) is 14.0. The second-order valence-electron chi connectivity index (χ2n) is 13.4. The molecular formula is C46H30S2. The van der Waals surface area contributed by atoms with E-state index in [0.717, 1.165) is 25.7 Å². The first kappa shape index (κ1) is 27.0. The van der Waals surface area contributed by atoms with Crippen molar-refractivity contribution in [2.24, 2.45) is 0 Å². The number of fused-ring (bicyclic) bond motifs is 11. The average molecular weight is 647 g/mol. The first-order valence-corrected chi connectivity index (χ1v) is 18.7. The lowest BCUT2D eigenvalue weighted by Gasteiger charge is -2.19. The molecule has 0 saturated carbocycles. The summed E-state index contributed by atoms with van der Waals surface area (Å²) in [5.41, 5.74) is 9.52. The normalized spacial score (nSPS) is 14.2. The lowest BCUT2D eigenvalue weighted by Crippen LogP contribution is -1.96. The summed E-state index contributed by atoms with van der Waals surface area (Å²) in [6, 6.07) is 42.0. The topological polar surface area (TPSA) is 0 Å². The standard InChI is InChI=1S/C46H30S2/c1-2-10-28-23-30(18-17-27(28)9-1)44-33-12-3-5-14-35(33)45(36-15-6-4-13-34(36)44)31-19-21-37-42(25-31)48-41-22-20-29-24-39-32-11-7-8-16-40(32)47-43(39)26-38(29)46(37)41/h1,3-7,9,11-15,17-26H,2,8,10,16H2. The lowest BCUT2D eigenvalue weighted by molar-refractivity contribution is 0.986. The van der Waals surface area contributed by atoms with Crippen LogP contribution >= 0.6 is 22.7 Å². The Labute approximate surface area is 286 Å². The van der Waals surface area contributed by atoms with E-state index in [1.165, 1.54) is 106 Å². The number of rotatable bonds is 2. The van der Waals surface area contributed by atoms with Crippen molar-refractivity contribution in [2.45, 2.75) is 25.7 Å². The maximum absolute atomic E-state index is 2.47. The van der Waals surface area contributed by atoms with Gasteiger partial charge in [-0.05, 0) is 121 Å². The zero-order valence-corrected chi connectivity index (χ0v) is 28.0. The highest BCUT2D eigenvalue weighted by molar-refractivity contribution is 7.26. The molecule has 0 atom stereocenters. The van der Waals surface area contributed by atoms with Gasteiger partial charge in [0.25, 0.3) is 0 Å². The lowest BCUT2D eigenvalue weighted by atomic mass is 9.84. The molecule has 0 saturated heterocycles. The average Bonchev–Trinajstić information content (AvgIpc) is 3.70. The molecule has 0 nitrogen and oxygen atoms in total. The Bertz CT molecular complexity index is 2830. The third-order valence-electron chi connectivity index (χ3n) is 10.7. The Morgan fingerprint density at radius 3 is 1.94 bits per heavy atom. The van der Waals surface area contributed by atoms with Gasteiger partial charge in [0.2, 0.25) is 0 Å². The highest BCUT2D eigenvalue weighted by atomic mass is 32.1. The molecule has 0 aliphatic heterocycles. The van der Waals surface area contributed by atoms with Crippen LogP contribution in [0.5, 0.6) is 0 Å². The van der Waals surface area contributed by atoms with Gasteiger partial charge in [-0.25, -0.2) is 0 Å². The van der Waals surface area contributed by atoms with Crippen molar-refractivity contribution in [1.29, 1.82) is 0 Å². The van der Waals surface area contributed by atoms with Crippen molar-refractivity contribution < 1.29 is 0 Å². The first-order chi connectivity index (χ1) is 23.8. The molecule has 7 aromatic carbocycles. The molecule has 0 N–H and O–H groups in total. The fraction of sp³-hybridized carbons (Fsp3) is 0.0870. The number of aryl methyl sites for hydroxylation is 2. The number of hydrogen-bond acceptors (Lipinski definition) is 2. The molecule has 2 aliphatic rings. The van der Waals surface area contributed by atoms with Crippen LogP contribution < -0.4 is 0 Å². The second kappa shape index (κ2) is 10.2. The monoisotopic (exact) mass is 646 g/mol. The summed E-state index contributed by atoms with van der Waals surface area (Å²) in [6.45, 7) is 0. The summed E-state index contributed by atoms with van der Waals surface area (Å²) in [5.74, 6) is 0. The minimum Gasteiger partial charge on any atom is -0.140 e. The van der Waals surface area contributed by atoms with Gasteiger partial charge in [-0.15, -0.1) is 22.7 Å². The van der Waals surface area contributed by atoms with Crippen LogP contribution in [0.1, 0.15) is 34.4 Å². The molecule has 2 aromatic heterocycles. The van der Waals surface area contributed by atoms with Crippen molar-refractivity contribution in [3.8, 4) is 22.3 Å². The van der Waals surface area contributed by atoms with Crippen LogP contribution in [0.4, 0.5) is 0 Å². The minimum atomic E-state index is 1.11. The Kier molecular flexibility index (Phi) is 5.76. The molecule has 0 fully saturated rings. The maximum atomic E-state index is 2.47. The van der Waals surface area contributed by atoms with Crippen LogP contribution in [-0.2, 0) is 12.8 Å². The fourth-order valence-corrected chi connectivity index (χ4v) is 10.9. The van der Waals surface area contributed by atoms with Crippen LogP contribution in [0.3, 0.4) is 0 Å². The van der Waals surface area contributed by atoms with Gasteiger partial charge in [-0.2, -0.15) is 0 Å². The minimum absolute atomic E-state index is 1.11. The van der Waals surface area contributed by atoms with Crippen LogP contribution in [0.15, 0.2) is 121 Å². The zero-order valence-electron chi connectivity index (χ0n) is 26.3. The van der Waals surface area contributed by atoms with Gasteiger partial charge in [-0.1, -0.05) is 109 Å². The molecular weight excluding hydrogens is 617 g/mol.